The number of nitrogens with one attached hydrogen (secondary N) is 1. The number of benzene rings is 1. The van der Waals surface area contributed by atoms with Crippen LogP contribution in [0.2, 0.25) is 10.2 Å². The summed E-state index contributed by atoms with van der Waals surface area (Å²) in [6, 6.07) is 11.4. The Kier molecular flexibility index (Phi) is 5.20. The van der Waals surface area contributed by atoms with E-state index < -0.39 is 0 Å². The fourth-order valence-corrected chi connectivity index (χ4v) is 4.13. The first-order valence-electron chi connectivity index (χ1n) is 9.07. The van der Waals surface area contributed by atoms with Crippen LogP contribution in [0, 0.1) is 17.2 Å². The Labute approximate surface area is 167 Å². The Balaban J connectivity index is 1.43. The maximum absolute atomic E-state index is 9.10. The van der Waals surface area contributed by atoms with Crippen LogP contribution in [0.15, 0.2) is 30.3 Å². The molecule has 2 aromatic heterocycles. The molecule has 3 heterocycles. The Morgan fingerprint density at radius 1 is 1.22 bits per heavy atom. The number of halogens is 2. The molecule has 1 aliphatic rings. The summed E-state index contributed by atoms with van der Waals surface area (Å²) in [5.74, 6) is 1.44. The second-order valence-corrected chi connectivity index (χ2v) is 7.84. The zero-order valence-electron chi connectivity index (χ0n) is 14.8. The molecule has 7 heteroatoms. The van der Waals surface area contributed by atoms with E-state index in [0.29, 0.717) is 27.3 Å². The molecule has 4 rings (SSSR count). The normalized spacial score (nSPS) is 17.2. The maximum atomic E-state index is 9.10. The number of aromatic amines is 1. The first-order chi connectivity index (χ1) is 13.1. The van der Waals surface area contributed by atoms with E-state index in [0.717, 1.165) is 49.4 Å². The van der Waals surface area contributed by atoms with Gasteiger partial charge < -0.3 is 9.88 Å². The molecule has 0 radical (unpaired) electrons. The number of pyridine rings is 1. The molecule has 0 amide bonds. The lowest BCUT2D eigenvalue weighted by atomic mass is 9.91. The van der Waals surface area contributed by atoms with Crippen molar-refractivity contribution < 1.29 is 0 Å². The zero-order valence-corrected chi connectivity index (χ0v) is 16.3. The average molecular weight is 400 g/mol. The number of H-pyrrole nitrogens is 1. The lowest BCUT2D eigenvalue weighted by molar-refractivity contribution is 0.389. The van der Waals surface area contributed by atoms with Gasteiger partial charge in [0.05, 0.1) is 17.1 Å². The molecule has 1 atom stereocenters. The number of piperidine rings is 1. The highest BCUT2D eigenvalue weighted by atomic mass is 35.5. The summed E-state index contributed by atoms with van der Waals surface area (Å²) in [7, 11) is 0. The van der Waals surface area contributed by atoms with Gasteiger partial charge in [-0.05, 0) is 67.5 Å². The summed E-state index contributed by atoms with van der Waals surface area (Å²) >= 11 is 12.1. The van der Waals surface area contributed by atoms with E-state index in [2.05, 4.69) is 25.9 Å². The van der Waals surface area contributed by atoms with Gasteiger partial charge in [-0.15, -0.1) is 0 Å². The summed E-state index contributed by atoms with van der Waals surface area (Å²) in [5, 5.41) is 10.2. The molecule has 1 saturated heterocycles. The van der Waals surface area contributed by atoms with Gasteiger partial charge >= 0.3 is 0 Å². The molecule has 3 aromatic rings. The standard InChI is InChI=1S/C20H19Cl2N5/c21-16-9-14(8-15(10-16)11-23)4-3-13-2-1-7-27(12-13)20-24-17-5-6-18(22)25-19(17)26-20/h5-6,8-10,13H,1-4,7,12H2,(H,24,25,26)/t13-/m1/s1. The fourth-order valence-electron chi connectivity index (χ4n) is 3.73. The largest absolute Gasteiger partial charge is 0.342 e. The van der Waals surface area contributed by atoms with E-state index in [-0.39, 0.29) is 0 Å². The Hall–Kier alpha value is -2.29. The maximum Gasteiger partial charge on any atom is 0.205 e. The van der Waals surface area contributed by atoms with Crippen LogP contribution in [-0.4, -0.2) is 28.0 Å². The third-order valence-electron chi connectivity index (χ3n) is 5.05. The third kappa shape index (κ3) is 4.18. The summed E-state index contributed by atoms with van der Waals surface area (Å²) in [6.45, 7) is 1.94. The smallest absolute Gasteiger partial charge is 0.205 e. The zero-order chi connectivity index (χ0) is 18.8. The first-order valence-corrected chi connectivity index (χ1v) is 9.83. The van der Waals surface area contributed by atoms with Crippen molar-refractivity contribution in [3.05, 3.63) is 51.6 Å². The van der Waals surface area contributed by atoms with Crippen molar-refractivity contribution in [3.8, 4) is 6.07 Å². The van der Waals surface area contributed by atoms with E-state index in [1.54, 1.807) is 12.1 Å². The van der Waals surface area contributed by atoms with E-state index in [1.165, 1.54) is 6.42 Å². The van der Waals surface area contributed by atoms with E-state index >= 15 is 0 Å². The summed E-state index contributed by atoms with van der Waals surface area (Å²) in [6.07, 6.45) is 4.32. The number of nitriles is 1. The molecule has 0 saturated carbocycles. The number of hydrogen-bond donors (Lipinski definition) is 1. The molecule has 138 valence electrons. The Morgan fingerprint density at radius 2 is 2.11 bits per heavy atom. The highest BCUT2D eigenvalue weighted by molar-refractivity contribution is 6.30. The van der Waals surface area contributed by atoms with Crippen molar-refractivity contribution in [3.63, 3.8) is 0 Å². The SMILES string of the molecule is N#Cc1cc(Cl)cc(CC[C@H]2CCCN(c3nc4nc(Cl)ccc4[nH]3)C2)c1. The van der Waals surface area contributed by atoms with Gasteiger partial charge in [0.1, 0.15) is 5.15 Å². The van der Waals surface area contributed by atoms with Crippen molar-refractivity contribution in [1.82, 2.24) is 15.0 Å². The molecule has 1 aromatic carbocycles. The molecular formula is C20H19Cl2N5. The topological polar surface area (TPSA) is 68.6 Å². The van der Waals surface area contributed by atoms with Crippen molar-refractivity contribution in [2.45, 2.75) is 25.7 Å². The molecule has 27 heavy (non-hydrogen) atoms. The minimum atomic E-state index is 0.454. The van der Waals surface area contributed by atoms with Crippen LogP contribution in [0.1, 0.15) is 30.4 Å². The minimum Gasteiger partial charge on any atom is -0.342 e. The van der Waals surface area contributed by atoms with Gasteiger partial charge in [-0.25, -0.2) is 4.98 Å². The highest BCUT2D eigenvalue weighted by Gasteiger charge is 2.22. The monoisotopic (exact) mass is 399 g/mol. The van der Waals surface area contributed by atoms with Crippen LogP contribution in [0.25, 0.3) is 11.2 Å². The number of anilines is 1. The van der Waals surface area contributed by atoms with Crippen LogP contribution >= 0.6 is 23.2 Å². The second-order valence-electron chi connectivity index (χ2n) is 7.02. The van der Waals surface area contributed by atoms with Gasteiger partial charge in [-0.2, -0.15) is 10.2 Å². The molecule has 0 unspecified atom stereocenters. The van der Waals surface area contributed by atoms with Crippen LogP contribution in [-0.2, 0) is 6.42 Å². The Morgan fingerprint density at radius 3 is 2.96 bits per heavy atom. The minimum absolute atomic E-state index is 0.454. The van der Waals surface area contributed by atoms with Crippen molar-refractivity contribution in [2.24, 2.45) is 5.92 Å². The summed E-state index contributed by atoms with van der Waals surface area (Å²) in [5.41, 5.74) is 3.30. The second kappa shape index (κ2) is 7.75. The number of imidazole rings is 1. The van der Waals surface area contributed by atoms with Crippen LogP contribution in [0.5, 0.6) is 0 Å². The third-order valence-corrected chi connectivity index (χ3v) is 5.47. The number of hydrogen-bond acceptors (Lipinski definition) is 4. The van der Waals surface area contributed by atoms with Crippen molar-refractivity contribution in [2.75, 3.05) is 18.0 Å². The number of fused-ring (bicyclic) bond motifs is 1. The van der Waals surface area contributed by atoms with Gasteiger partial charge in [-0.3, -0.25) is 0 Å². The van der Waals surface area contributed by atoms with Gasteiger partial charge in [-0.1, -0.05) is 23.2 Å². The van der Waals surface area contributed by atoms with E-state index in [9.17, 15) is 0 Å². The quantitative estimate of drug-likeness (QED) is 0.627. The molecule has 5 nitrogen and oxygen atoms in total. The Bertz CT molecular complexity index is 1010. The molecule has 0 spiro atoms. The van der Waals surface area contributed by atoms with Crippen molar-refractivity contribution >= 4 is 40.3 Å². The predicted molar refractivity (Wildman–Crippen MR) is 108 cm³/mol. The molecule has 1 fully saturated rings. The summed E-state index contributed by atoms with van der Waals surface area (Å²) in [4.78, 5) is 14.5. The molecule has 1 aliphatic heterocycles. The van der Waals surface area contributed by atoms with Gasteiger partial charge in [0.25, 0.3) is 0 Å². The fraction of sp³-hybridized carbons (Fsp3) is 0.350. The molecule has 0 aliphatic carbocycles. The summed E-state index contributed by atoms with van der Waals surface area (Å²) < 4.78 is 0. The number of aryl methyl sites for hydroxylation is 1. The van der Waals surface area contributed by atoms with Crippen molar-refractivity contribution in [1.29, 1.82) is 5.26 Å². The van der Waals surface area contributed by atoms with Crippen LogP contribution in [0.3, 0.4) is 0 Å². The van der Waals surface area contributed by atoms with E-state index in [1.807, 2.05) is 18.2 Å². The predicted octanol–water partition coefficient (Wildman–Crippen LogP) is 4.99. The molecule has 1 N–H and O–H groups in total. The average Bonchev–Trinajstić information content (AvgIpc) is 3.09. The molecular weight excluding hydrogens is 381 g/mol. The van der Waals surface area contributed by atoms with Crippen LogP contribution in [0.4, 0.5) is 5.95 Å². The number of aromatic nitrogens is 3. The molecule has 0 bridgehead atoms. The van der Waals surface area contributed by atoms with Crippen LogP contribution < -0.4 is 4.90 Å². The number of nitrogens with zero attached hydrogens (tertiary/aromatic N) is 4. The van der Waals surface area contributed by atoms with E-state index in [4.69, 9.17) is 28.5 Å². The lowest BCUT2D eigenvalue weighted by Crippen LogP contribution is -2.36. The van der Waals surface area contributed by atoms with Gasteiger partial charge in [0.15, 0.2) is 5.65 Å². The van der Waals surface area contributed by atoms with Gasteiger partial charge in [0.2, 0.25) is 5.95 Å². The first kappa shape index (κ1) is 18.1. The highest BCUT2D eigenvalue weighted by Crippen LogP contribution is 2.27. The lowest BCUT2D eigenvalue weighted by Gasteiger charge is -2.32. The number of rotatable bonds is 4. The van der Waals surface area contributed by atoms with Gasteiger partial charge in [0, 0.05) is 18.1 Å².